The van der Waals surface area contributed by atoms with Gasteiger partial charge in [0.2, 0.25) is 0 Å². The van der Waals surface area contributed by atoms with Crippen LogP contribution in [0.4, 0.5) is 0 Å². The van der Waals surface area contributed by atoms with Gasteiger partial charge < -0.3 is 0 Å². The fourth-order valence-corrected chi connectivity index (χ4v) is 0.958. The van der Waals surface area contributed by atoms with Crippen molar-refractivity contribution in [3.05, 3.63) is 29.9 Å². The molecule has 12 heavy (non-hydrogen) atoms. The molecule has 0 unspecified atom stereocenters. The summed E-state index contributed by atoms with van der Waals surface area (Å²) in [6.45, 7) is 7.66. The van der Waals surface area contributed by atoms with E-state index in [9.17, 15) is 0 Å². The molecule has 0 aliphatic rings. The first kappa shape index (κ1) is 8.71. The Kier molecular flexibility index (Phi) is 2.43. The maximum atomic E-state index is 4.27. The van der Waals surface area contributed by atoms with Crippen molar-refractivity contribution in [2.75, 3.05) is 7.05 Å². The lowest BCUT2D eigenvalue weighted by Gasteiger charge is -2.04. The highest BCUT2D eigenvalue weighted by molar-refractivity contribution is 5.35. The van der Waals surface area contributed by atoms with Gasteiger partial charge in [0, 0.05) is 12.7 Å². The molecule has 0 amide bonds. The standard InChI is InChI=1S/C9H13N3/c1-7(2)12-9(10-4)6-5-8(3)11-12/h5-6H,1H2,2-4H3. The van der Waals surface area contributed by atoms with Crippen LogP contribution in [0.3, 0.4) is 0 Å². The average Bonchev–Trinajstić information content (AvgIpc) is 2.04. The van der Waals surface area contributed by atoms with Crippen molar-refractivity contribution in [1.82, 2.24) is 9.78 Å². The first-order chi connectivity index (χ1) is 5.65. The minimum atomic E-state index is 0.827. The molecule has 0 spiro atoms. The molecule has 3 nitrogen and oxygen atoms in total. The quantitative estimate of drug-likeness (QED) is 0.612. The topological polar surface area (TPSA) is 30.2 Å². The first-order valence-electron chi connectivity index (χ1n) is 3.81. The third kappa shape index (κ3) is 1.61. The summed E-state index contributed by atoms with van der Waals surface area (Å²) >= 11 is 0. The molecule has 0 saturated heterocycles. The zero-order valence-electron chi connectivity index (χ0n) is 7.70. The smallest absolute Gasteiger partial charge is 0.148 e. The van der Waals surface area contributed by atoms with Gasteiger partial charge in [-0.2, -0.15) is 5.10 Å². The van der Waals surface area contributed by atoms with Gasteiger partial charge in [0.15, 0.2) is 0 Å². The monoisotopic (exact) mass is 163 g/mol. The molecule has 0 aliphatic carbocycles. The lowest BCUT2D eigenvalue weighted by atomic mass is 10.4. The van der Waals surface area contributed by atoms with Crippen LogP contribution in [0.5, 0.6) is 0 Å². The highest BCUT2D eigenvalue weighted by Gasteiger charge is 1.94. The summed E-state index contributed by atoms with van der Waals surface area (Å²) in [4.78, 5) is 4.07. The number of hydrogen-bond acceptors (Lipinski definition) is 2. The molecular weight excluding hydrogens is 150 g/mol. The van der Waals surface area contributed by atoms with E-state index in [4.69, 9.17) is 0 Å². The Morgan fingerprint density at radius 2 is 2.25 bits per heavy atom. The predicted octanol–water partition coefficient (Wildman–Crippen LogP) is 1.21. The van der Waals surface area contributed by atoms with Crippen LogP contribution in [0.1, 0.15) is 12.6 Å². The van der Waals surface area contributed by atoms with E-state index >= 15 is 0 Å². The van der Waals surface area contributed by atoms with Crippen molar-refractivity contribution in [2.45, 2.75) is 13.8 Å². The fourth-order valence-electron chi connectivity index (χ4n) is 0.958. The summed E-state index contributed by atoms with van der Waals surface area (Å²) in [5, 5.41) is 4.27. The minimum Gasteiger partial charge on any atom is -0.270 e. The van der Waals surface area contributed by atoms with E-state index in [-0.39, 0.29) is 0 Å². The van der Waals surface area contributed by atoms with Gasteiger partial charge >= 0.3 is 0 Å². The normalized spacial score (nSPS) is 11.8. The van der Waals surface area contributed by atoms with Gasteiger partial charge in [-0.25, -0.2) is 4.68 Å². The van der Waals surface area contributed by atoms with E-state index in [1.807, 2.05) is 26.0 Å². The highest BCUT2D eigenvalue weighted by Crippen LogP contribution is 1.93. The zero-order chi connectivity index (χ0) is 9.14. The van der Waals surface area contributed by atoms with Gasteiger partial charge in [0.25, 0.3) is 0 Å². The van der Waals surface area contributed by atoms with Gasteiger partial charge in [0.1, 0.15) is 5.49 Å². The molecule has 64 valence electrons. The highest BCUT2D eigenvalue weighted by atomic mass is 15.3. The molecule has 0 bridgehead atoms. The summed E-state index contributed by atoms with van der Waals surface area (Å²) in [5.41, 5.74) is 2.66. The summed E-state index contributed by atoms with van der Waals surface area (Å²) in [5.74, 6) is 0. The van der Waals surface area contributed by atoms with Crippen LogP contribution in [-0.4, -0.2) is 16.8 Å². The number of hydrogen-bond donors (Lipinski definition) is 0. The first-order valence-corrected chi connectivity index (χ1v) is 3.81. The van der Waals surface area contributed by atoms with Crippen LogP contribution < -0.4 is 5.49 Å². The maximum absolute atomic E-state index is 4.27. The second-order valence-corrected chi connectivity index (χ2v) is 2.70. The zero-order valence-corrected chi connectivity index (χ0v) is 7.70. The van der Waals surface area contributed by atoms with Crippen LogP contribution in [0.25, 0.3) is 5.70 Å². The molecule has 0 fully saturated rings. The second kappa shape index (κ2) is 3.34. The van der Waals surface area contributed by atoms with Gasteiger partial charge in [-0.05, 0) is 26.0 Å². The molecular formula is C9H13N3. The van der Waals surface area contributed by atoms with Crippen molar-refractivity contribution in [3.63, 3.8) is 0 Å². The van der Waals surface area contributed by atoms with Crippen molar-refractivity contribution in [2.24, 2.45) is 4.99 Å². The maximum Gasteiger partial charge on any atom is 0.148 e. The van der Waals surface area contributed by atoms with Crippen molar-refractivity contribution in [3.8, 4) is 0 Å². The third-order valence-corrected chi connectivity index (χ3v) is 1.54. The molecule has 0 saturated carbocycles. The molecule has 1 aromatic heterocycles. The molecule has 0 N–H and O–H groups in total. The van der Waals surface area contributed by atoms with E-state index in [2.05, 4.69) is 16.7 Å². The van der Waals surface area contributed by atoms with Gasteiger partial charge in [-0.3, -0.25) is 4.99 Å². The SMILES string of the molecule is C=C(C)n1nc(C)ccc1=NC. The summed E-state index contributed by atoms with van der Waals surface area (Å²) in [7, 11) is 1.74. The van der Waals surface area contributed by atoms with E-state index < -0.39 is 0 Å². The van der Waals surface area contributed by atoms with Crippen molar-refractivity contribution < 1.29 is 0 Å². The number of allylic oxidation sites excluding steroid dienone is 1. The van der Waals surface area contributed by atoms with Gasteiger partial charge in [-0.15, -0.1) is 0 Å². The lowest BCUT2D eigenvalue weighted by Crippen LogP contribution is -2.21. The summed E-state index contributed by atoms with van der Waals surface area (Å²) in [6.07, 6.45) is 0. The number of nitrogens with zero attached hydrogens (tertiary/aromatic N) is 3. The molecule has 0 aromatic carbocycles. The summed E-state index contributed by atoms with van der Waals surface area (Å²) < 4.78 is 1.73. The Bertz CT molecular complexity index is 360. The molecule has 3 heteroatoms. The number of aromatic nitrogens is 2. The second-order valence-electron chi connectivity index (χ2n) is 2.70. The van der Waals surface area contributed by atoms with Crippen molar-refractivity contribution >= 4 is 5.70 Å². The van der Waals surface area contributed by atoms with Crippen LogP contribution in [0, 0.1) is 6.92 Å². The van der Waals surface area contributed by atoms with E-state index in [0.29, 0.717) is 0 Å². The Hall–Kier alpha value is -1.38. The van der Waals surface area contributed by atoms with Crippen LogP contribution in [0.15, 0.2) is 23.7 Å². The van der Waals surface area contributed by atoms with Crippen LogP contribution in [-0.2, 0) is 0 Å². The van der Waals surface area contributed by atoms with Gasteiger partial charge in [-0.1, -0.05) is 6.58 Å². The van der Waals surface area contributed by atoms with E-state index in [1.54, 1.807) is 11.7 Å². The number of aryl methyl sites for hydroxylation is 1. The summed E-state index contributed by atoms with van der Waals surface area (Å²) in [6, 6.07) is 3.86. The minimum absolute atomic E-state index is 0.827. The number of rotatable bonds is 1. The Balaban J connectivity index is 3.43. The predicted molar refractivity (Wildman–Crippen MR) is 49.5 cm³/mol. The molecule has 1 heterocycles. The van der Waals surface area contributed by atoms with Crippen LogP contribution in [0.2, 0.25) is 0 Å². The largest absolute Gasteiger partial charge is 0.270 e. The Morgan fingerprint density at radius 1 is 1.58 bits per heavy atom. The van der Waals surface area contributed by atoms with Crippen molar-refractivity contribution in [1.29, 1.82) is 0 Å². The molecule has 1 rings (SSSR count). The molecule has 0 radical (unpaired) electrons. The molecule has 1 aromatic rings. The third-order valence-electron chi connectivity index (χ3n) is 1.54. The Labute approximate surface area is 72.1 Å². The molecule has 0 aliphatic heterocycles. The van der Waals surface area contributed by atoms with E-state index in [1.165, 1.54) is 0 Å². The van der Waals surface area contributed by atoms with E-state index in [0.717, 1.165) is 16.9 Å². The molecule has 0 atom stereocenters. The Morgan fingerprint density at radius 3 is 2.75 bits per heavy atom. The van der Waals surface area contributed by atoms with Crippen LogP contribution >= 0.6 is 0 Å². The van der Waals surface area contributed by atoms with Gasteiger partial charge in [0.05, 0.1) is 5.69 Å². The lowest BCUT2D eigenvalue weighted by molar-refractivity contribution is 0.777. The average molecular weight is 163 g/mol. The fraction of sp³-hybridized carbons (Fsp3) is 0.333.